The highest BCUT2D eigenvalue weighted by molar-refractivity contribution is 6.46. The maximum Gasteiger partial charge on any atom is 0.295 e. The second kappa shape index (κ2) is 6.94. The lowest BCUT2D eigenvalue weighted by Gasteiger charge is -2.25. The lowest BCUT2D eigenvalue weighted by Crippen LogP contribution is -2.35. The Balaban J connectivity index is 2.09. The highest BCUT2D eigenvalue weighted by Gasteiger charge is 2.46. The third-order valence-corrected chi connectivity index (χ3v) is 4.29. The Morgan fingerprint density at radius 2 is 1.88 bits per heavy atom. The molecule has 6 heteroatoms. The predicted molar refractivity (Wildman–Crippen MR) is 94.8 cm³/mol. The van der Waals surface area contributed by atoms with Crippen LogP contribution < -0.4 is 0 Å². The van der Waals surface area contributed by atoms with E-state index in [4.69, 9.17) is 0 Å². The van der Waals surface area contributed by atoms with E-state index >= 15 is 0 Å². The number of amides is 1. The number of likely N-dealkylation sites (tertiary alicyclic amines) is 1. The van der Waals surface area contributed by atoms with E-state index in [0.29, 0.717) is 24.3 Å². The minimum absolute atomic E-state index is 0.123. The van der Waals surface area contributed by atoms with Crippen molar-refractivity contribution in [2.75, 3.05) is 27.2 Å². The summed E-state index contributed by atoms with van der Waals surface area (Å²) in [6.07, 6.45) is 1.74. The molecule has 0 saturated carbocycles. The van der Waals surface area contributed by atoms with Gasteiger partial charge in [0, 0.05) is 30.5 Å². The first-order valence-electron chi connectivity index (χ1n) is 8.12. The highest BCUT2D eigenvalue weighted by Crippen LogP contribution is 2.38. The molecular formula is C19H21N3O3. The van der Waals surface area contributed by atoms with E-state index in [-0.39, 0.29) is 11.3 Å². The van der Waals surface area contributed by atoms with Crippen molar-refractivity contribution < 1.29 is 14.7 Å². The van der Waals surface area contributed by atoms with E-state index in [1.165, 1.54) is 4.90 Å². The van der Waals surface area contributed by atoms with Crippen LogP contribution in [-0.4, -0.2) is 58.8 Å². The lowest BCUT2D eigenvalue weighted by atomic mass is 9.99. The van der Waals surface area contributed by atoms with Crippen LogP contribution >= 0.6 is 0 Å². The van der Waals surface area contributed by atoms with Crippen molar-refractivity contribution in [1.29, 1.82) is 0 Å². The molecular weight excluding hydrogens is 318 g/mol. The summed E-state index contributed by atoms with van der Waals surface area (Å²) < 4.78 is 0. The molecule has 2 aromatic rings. The molecule has 1 aliphatic rings. The zero-order valence-electron chi connectivity index (χ0n) is 14.3. The highest BCUT2D eigenvalue weighted by atomic mass is 16.3. The average molecular weight is 339 g/mol. The van der Waals surface area contributed by atoms with Gasteiger partial charge in [0.25, 0.3) is 11.7 Å². The Hall–Kier alpha value is -2.86. The van der Waals surface area contributed by atoms with Crippen molar-refractivity contribution in [1.82, 2.24) is 14.8 Å². The Bertz CT molecular complexity index is 795. The van der Waals surface area contributed by atoms with E-state index in [1.54, 1.807) is 30.5 Å². The van der Waals surface area contributed by atoms with Gasteiger partial charge in [-0.15, -0.1) is 0 Å². The molecule has 1 fully saturated rings. The Morgan fingerprint density at radius 1 is 1.16 bits per heavy atom. The molecule has 1 amide bonds. The largest absolute Gasteiger partial charge is 0.507 e. The SMILES string of the molecule is CN(C)CCN1C(=O)C(=O)C(=C(O)c2ccccc2)[C@H]1c1ccc[nH]1. The minimum Gasteiger partial charge on any atom is -0.507 e. The third kappa shape index (κ3) is 3.21. The number of hydrogen-bond donors (Lipinski definition) is 2. The van der Waals surface area contributed by atoms with Crippen LogP contribution in [0.5, 0.6) is 0 Å². The number of aliphatic hydroxyl groups is 1. The Labute approximate surface area is 146 Å². The number of aliphatic hydroxyl groups excluding tert-OH is 1. The van der Waals surface area contributed by atoms with Gasteiger partial charge in [-0.3, -0.25) is 9.59 Å². The van der Waals surface area contributed by atoms with Gasteiger partial charge >= 0.3 is 0 Å². The summed E-state index contributed by atoms with van der Waals surface area (Å²) in [5.74, 6) is -1.38. The van der Waals surface area contributed by atoms with Crippen molar-refractivity contribution in [2.24, 2.45) is 0 Å². The normalized spacial score (nSPS) is 19.8. The molecule has 130 valence electrons. The third-order valence-electron chi connectivity index (χ3n) is 4.29. The second-order valence-electron chi connectivity index (χ2n) is 6.29. The van der Waals surface area contributed by atoms with Gasteiger partial charge in [0.15, 0.2) is 0 Å². The molecule has 6 nitrogen and oxygen atoms in total. The van der Waals surface area contributed by atoms with Gasteiger partial charge in [0.05, 0.1) is 5.57 Å². The zero-order valence-corrected chi connectivity index (χ0v) is 14.3. The number of carbonyl (C=O) groups excluding carboxylic acids is 2. The first-order chi connectivity index (χ1) is 12.0. The summed E-state index contributed by atoms with van der Waals surface area (Å²) in [5, 5.41) is 10.7. The van der Waals surface area contributed by atoms with Crippen LogP contribution in [0.25, 0.3) is 5.76 Å². The predicted octanol–water partition coefficient (Wildman–Crippen LogP) is 2.00. The minimum atomic E-state index is -0.653. The van der Waals surface area contributed by atoms with E-state index in [1.807, 2.05) is 37.2 Å². The van der Waals surface area contributed by atoms with E-state index in [2.05, 4.69) is 4.98 Å². The lowest BCUT2D eigenvalue weighted by molar-refractivity contribution is -0.140. The first-order valence-corrected chi connectivity index (χ1v) is 8.12. The molecule has 2 heterocycles. The Kier molecular flexibility index (Phi) is 4.72. The maximum atomic E-state index is 12.6. The number of ketones is 1. The summed E-state index contributed by atoms with van der Waals surface area (Å²) in [6, 6.07) is 11.8. The molecule has 0 aliphatic carbocycles. The number of nitrogens with one attached hydrogen (secondary N) is 1. The fraction of sp³-hybridized carbons (Fsp3) is 0.263. The van der Waals surface area contributed by atoms with Gasteiger partial charge in [0.2, 0.25) is 0 Å². The molecule has 0 spiro atoms. The van der Waals surface area contributed by atoms with Gasteiger partial charge in [-0.1, -0.05) is 30.3 Å². The van der Waals surface area contributed by atoms with Gasteiger partial charge in [-0.2, -0.15) is 0 Å². The fourth-order valence-corrected chi connectivity index (χ4v) is 3.01. The molecule has 1 saturated heterocycles. The van der Waals surface area contributed by atoms with E-state index in [9.17, 15) is 14.7 Å². The van der Waals surface area contributed by atoms with Gasteiger partial charge in [-0.25, -0.2) is 0 Å². The van der Waals surface area contributed by atoms with E-state index in [0.717, 1.165) is 0 Å². The van der Waals surface area contributed by atoms with Crippen molar-refractivity contribution in [2.45, 2.75) is 6.04 Å². The molecule has 3 rings (SSSR count). The molecule has 0 unspecified atom stereocenters. The molecule has 25 heavy (non-hydrogen) atoms. The number of aromatic amines is 1. The van der Waals surface area contributed by atoms with Crippen molar-refractivity contribution >= 4 is 17.4 Å². The topological polar surface area (TPSA) is 76.6 Å². The molecule has 0 radical (unpaired) electrons. The van der Waals surface area contributed by atoms with E-state index < -0.39 is 17.7 Å². The molecule has 1 aromatic carbocycles. The van der Waals surface area contributed by atoms with Gasteiger partial charge in [-0.05, 0) is 26.2 Å². The zero-order chi connectivity index (χ0) is 18.0. The smallest absolute Gasteiger partial charge is 0.295 e. The van der Waals surface area contributed by atoms with Crippen LogP contribution in [0, 0.1) is 0 Å². The van der Waals surface area contributed by atoms with Crippen LogP contribution in [0.1, 0.15) is 17.3 Å². The number of nitrogens with zero attached hydrogens (tertiary/aromatic N) is 2. The van der Waals surface area contributed by atoms with Gasteiger partial charge in [0.1, 0.15) is 11.8 Å². The maximum absolute atomic E-state index is 12.6. The summed E-state index contributed by atoms with van der Waals surface area (Å²) in [5.41, 5.74) is 1.34. The summed E-state index contributed by atoms with van der Waals surface area (Å²) >= 11 is 0. The molecule has 0 bridgehead atoms. The number of hydrogen-bond acceptors (Lipinski definition) is 4. The molecule has 1 aromatic heterocycles. The van der Waals surface area contributed by atoms with Crippen molar-refractivity contribution in [3.63, 3.8) is 0 Å². The number of likely N-dealkylation sites (N-methyl/N-ethyl adjacent to an activating group) is 1. The van der Waals surface area contributed by atoms with Crippen molar-refractivity contribution in [3.05, 3.63) is 65.5 Å². The van der Waals surface area contributed by atoms with Crippen LogP contribution in [0.4, 0.5) is 0 Å². The Morgan fingerprint density at radius 3 is 2.48 bits per heavy atom. The number of Topliss-reactive ketones (excluding diaryl/α,β-unsaturated/α-hetero) is 1. The molecule has 1 atom stereocenters. The first kappa shape index (κ1) is 17.0. The van der Waals surface area contributed by atoms with Crippen LogP contribution in [0.2, 0.25) is 0 Å². The van der Waals surface area contributed by atoms with Gasteiger partial charge < -0.3 is 19.9 Å². The van der Waals surface area contributed by atoms with Crippen molar-refractivity contribution in [3.8, 4) is 0 Å². The number of aromatic nitrogens is 1. The summed E-state index contributed by atoms with van der Waals surface area (Å²) in [7, 11) is 3.81. The average Bonchev–Trinajstić information content (AvgIpc) is 3.21. The standard InChI is InChI=1S/C19H21N3O3/c1-21(2)11-12-22-16(14-9-6-10-20-14)15(18(24)19(22)25)17(23)13-7-4-3-5-8-13/h3-10,16,20,23H,11-12H2,1-2H3/t16-/m1/s1. The molecule has 1 aliphatic heterocycles. The van der Waals surface area contributed by atoms with Crippen LogP contribution in [0.3, 0.4) is 0 Å². The summed E-state index contributed by atoms with van der Waals surface area (Å²) in [4.78, 5) is 31.7. The molecule has 2 N–H and O–H groups in total. The second-order valence-corrected chi connectivity index (χ2v) is 6.29. The van der Waals surface area contributed by atoms with Crippen LogP contribution in [-0.2, 0) is 9.59 Å². The number of benzene rings is 1. The summed E-state index contributed by atoms with van der Waals surface area (Å²) in [6.45, 7) is 1.02. The quantitative estimate of drug-likeness (QED) is 0.496. The fourth-order valence-electron chi connectivity index (χ4n) is 3.01. The van der Waals surface area contributed by atoms with Crippen LogP contribution in [0.15, 0.2) is 54.2 Å². The monoisotopic (exact) mass is 339 g/mol. The number of carbonyl (C=O) groups is 2. The number of rotatable bonds is 5. The number of H-pyrrole nitrogens is 1.